The van der Waals surface area contributed by atoms with Gasteiger partial charge in [-0.25, -0.2) is 0 Å². The van der Waals surface area contributed by atoms with Crippen molar-refractivity contribution in [2.45, 2.75) is 19.6 Å². The molecular formula is C23H23BrClNO2. The lowest BCUT2D eigenvalue weighted by atomic mass is 10.1. The maximum Gasteiger partial charge on any atom is 0.124 e. The number of halogens is 2. The van der Waals surface area contributed by atoms with E-state index in [0.717, 1.165) is 51.6 Å². The van der Waals surface area contributed by atoms with Crippen molar-refractivity contribution in [2.24, 2.45) is 0 Å². The van der Waals surface area contributed by atoms with Gasteiger partial charge >= 0.3 is 0 Å². The molecule has 0 unspecified atom stereocenters. The molecule has 0 fully saturated rings. The van der Waals surface area contributed by atoms with Crippen LogP contribution in [0.15, 0.2) is 71.2 Å². The summed E-state index contributed by atoms with van der Waals surface area (Å²) in [5.41, 5.74) is 3.49. The molecule has 0 aliphatic carbocycles. The van der Waals surface area contributed by atoms with Crippen LogP contribution in [0.3, 0.4) is 0 Å². The van der Waals surface area contributed by atoms with Crippen LogP contribution in [0.2, 0.25) is 5.02 Å². The zero-order chi connectivity index (χ0) is 19.8. The largest absolute Gasteiger partial charge is 0.497 e. The summed E-state index contributed by atoms with van der Waals surface area (Å²) < 4.78 is 12.3. The molecule has 28 heavy (non-hydrogen) atoms. The van der Waals surface area contributed by atoms with E-state index < -0.39 is 0 Å². The Morgan fingerprint density at radius 2 is 1.64 bits per heavy atom. The minimum Gasteiger partial charge on any atom is -0.497 e. The van der Waals surface area contributed by atoms with E-state index in [2.05, 4.69) is 39.4 Å². The second kappa shape index (κ2) is 10.5. The van der Waals surface area contributed by atoms with E-state index in [4.69, 9.17) is 21.1 Å². The van der Waals surface area contributed by atoms with Crippen LogP contribution in [-0.4, -0.2) is 13.7 Å². The van der Waals surface area contributed by atoms with Gasteiger partial charge in [0.25, 0.3) is 0 Å². The first-order valence-electron chi connectivity index (χ1n) is 9.13. The number of nitrogens with one attached hydrogen (secondary N) is 1. The fourth-order valence-electron chi connectivity index (χ4n) is 2.82. The van der Waals surface area contributed by atoms with Crippen LogP contribution >= 0.6 is 27.5 Å². The highest BCUT2D eigenvalue weighted by atomic mass is 79.9. The zero-order valence-corrected chi connectivity index (χ0v) is 18.1. The van der Waals surface area contributed by atoms with E-state index in [0.29, 0.717) is 6.61 Å². The van der Waals surface area contributed by atoms with Gasteiger partial charge in [0, 0.05) is 21.6 Å². The van der Waals surface area contributed by atoms with E-state index in [1.807, 2.05) is 48.5 Å². The van der Waals surface area contributed by atoms with E-state index >= 15 is 0 Å². The van der Waals surface area contributed by atoms with Crippen molar-refractivity contribution >= 4 is 27.5 Å². The van der Waals surface area contributed by atoms with Crippen LogP contribution in [0.1, 0.15) is 16.7 Å². The van der Waals surface area contributed by atoms with Crippen molar-refractivity contribution in [1.29, 1.82) is 0 Å². The first kappa shape index (κ1) is 20.7. The van der Waals surface area contributed by atoms with Crippen LogP contribution in [-0.2, 0) is 19.6 Å². The number of hydrogen-bond acceptors (Lipinski definition) is 3. The van der Waals surface area contributed by atoms with Gasteiger partial charge in [-0.05, 0) is 66.6 Å². The highest BCUT2D eigenvalue weighted by molar-refractivity contribution is 9.10. The average Bonchev–Trinajstić information content (AvgIpc) is 2.72. The Balaban J connectivity index is 1.53. The predicted molar refractivity (Wildman–Crippen MR) is 118 cm³/mol. The molecule has 3 aromatic carbocycles. The summed E-state index contributed by atoms with van der Waals surface area (Å²) in [6.07, 6.45) is 0.957. The molecule has 0 atom stereocenters. The van der Waals surface area contributed by atoms with Crippen molar-refractivity contribution < 1.29 is 9.47 Å². The van der Waals surface area contributed by atoms with Gasteiger partial charge in [0.2, 0.25) is 0 Å². The highest BCUT2D eigenvalue weighted by Crippen LogP contribution is 2.24. The molecule has 0 bridgehead atoms. The Kier molecular flexibility index (Phi) is 7.78. The Labute approximate surface area is 179 Å². The molecule has 1 N–H and O–H groups in total. The van der Waals surface area contributed by atoms with E-state index in [1.54, 1.807) is 7.11 Å². The second-order valence-electron chi connectivity index (χ2n) is 6.44. The van der Waals surface area contributed by atoms with Crippen molar-refractivity contribution in [3.8, 4) is 11.5 Å². The van der Waals surface area contributed by atoms with Crippen molar-refractivity contribution in [3.05, 3.63) is 92.9 Å². The summed E-state index contributed by atoms with van der Waals surface area (Å²) in [6.45, 7) is 2.14. The van der Waals surface area contributed by atoms with Crippen molar-refractivity contribution in [3.63, 3.8) is 0 Å². The topological polar surface area (TPSA) is 30.5 Å². The quantitative estimate of drug-likeness (QED) is 0.396. The van der Waals surface area contributed by atoms with Gasteiger partial charge in [-0.2, -0.15) is 0 Å². The standard InChI is InChI=1S/C23H23BrClNO2/c1-27-22-9-4-17(5-10-22)12-13-26-15-19-14-20(24)6-11-23(19)28-16-18-2-7-21(25)8-3-18/h2-11,14,26H,12-13,15-16H2,1H3. The van der Waals surface area contributed by atoms with Gasteiger partial charge in [0.1, 0.15) is 18.1 Å². The molecule has 0 radical (unpaired) electrons. The van der Waals surface area contributed by atoms with Gasteiger partial charge in [-0.1, -0.05) is 51.8 Å². The summed E-state index contributed by atoms with van der Waals surface area (Å²) in [5, 5.41) is 4.23. The predicted octanol–water partition coefficient (Wildman–Crippen LogP) is 6.02. The first-order chi connectivity index (χ1) is 13.6. The summed E-state index contributed by atoms with van der Waals surface area (Å²) in [5.74, 6) is 1.77. The third-order valence-corrected chi connectivity index (χ3v) is 5.14. The molecule has 0 amide bonds. The Bertz CT molecular complexity index is 882. The van der Waals surface area contributed by atoms with Crippen LogP contribution in [0.5, 0.6) is 11.5 Å². The van der Waals surface area contributed by atoms with Crippen LogP contribution in [0, 0.1) is 0 Å². The third-order valence-electron chi connectivity index (χ3n) is 4.40. The molecule has 5 heteroatoms. The highest BCUT2D eigenvalue weighted by Gasteiger charge is 2.06. The maximum absolute atomic E-state index is 6.04. The minimum atomic E-state index is 0.512. The van der Waals surface area contributed by atoms with Crippen molar-refractivity contribution in [1.82, 2.24) is 5.32 Å². The molecule has 0 saturated carbocycles. The number of rotatable bonds is 9. The van der Waals surface area contributed by atoms with E-state index in [1.165, 1.54) is 5.56 Å². The lowest BCUT2D eigenvalue weighted by Crippen LogP contribution is -2.17. The maximum atomic E-state index is 6.04. The van der Waals surface area contributed by atoms with Crippen LogP contribution in [0.4, 0.5) is 0 Å². The summed E-state index contributed by atoms with van der Waals surface area (Å²) in [6, 6.07) is 22.0. The van der Waals surface area contributed by atoms with Gasteiger partial charge < -0.3 is 14.8 Å². The van der Waals surface area contributed by atoms with Crippen LogP contribution in [0.25, 0.3) is 0 Å². The Hall–Kier alpha value is -2.01. The van der Waals surface area contributed by atoms with Crippen LogP contribution < -0.4 is 14.8 Å². The molecule has 3 rings (SSSR count). The summed E-state index contributed by atoms with van der Waals surface area (Å²) in [7, 11) is 1.68. The third kappa shape index (κ3) is 6.26. The molecule has 3 nitrogen and oxygen atoms in total. The fourth-order valence-corrected chi connectivity index (χ4v) is 3.35. The average molecular weight is 461 g/mol. The molecular weight excluding hydrogens is 438 g/mol. The second-order valence-corrected chi connectivity index (χ2v) is 7.79. The van der Waals surface area contributed by atoms with Gasteiger partial charge in [-0.15, -0.1) is 0 Å². The number of hydrogen-bond donors (Lipinski definition) is 1. The Morgan fingerprint density at radius 1 is 0.929 bits per heavy atom. The van der Waals surface area contributed by atoms with Gasteiger partial charge in [0.15, 0.2) is 0 Å². The lowest BCUT2D eigenvalue weighted by molar-refractivity contribution is 0.302. The lowest BCUT2D eigenvalue weighted by Gasteiger charge is -2.13. The SMILES string of the molecule is COc1ccc(CCNCc2cc(Br)ccc2OCc2ccc(Cl)cc2)cc1. The Morgan fingerprint density at radius 3 is 2.36 bits per heavy atom. The number of ether oxygens (including phenoxy) is 2. The fraction of sp³-hybridized carbons (Fsp3) is 0.217. The molecule has 0 aromatic heterocycles. The van der Waals surface area contributed by atoms with Crippen molar-refractivity contribution in [2.75, 3.05) is 13.7 Å². The van der Waals surface area contributed by atoms with E-state index in [9.17, 15) is 0 Å². The minimum absolute atomic E-state index is 0.512. The molecule has 0 heterocycles. The molecule has 0 saturated heterocycles. The molecule has 0 spiro atoms. The smallest absolute Gasteiger partial charge is 0.124 e. The number of benzene rings is 3. The molecule has 0 aliphatic rings. The molecule has 3 aromatic rings. The van der Waals surface area contributed by atoms with Gasteiger partial charge in [0.05, 0.1) is 7.11 Å². The van der Waals surface area contributed by atoms with E-state index in [-0.39, 0.29) is 0 Å². The normalized spacial score (nSPS) is 10.7. The van der Waals surface area contributed by atoms with Gasteiger partial charge in [-0.3, -0.25) is 0 Å². The first-order valence-corrected chi connectivity index (χ1v) is 10.3. The molecule has 0 aliphatic heterocycles. The molecule has 146 valence electrons. The summed E-state index contributed by atoms with van der Waals surface area (Å²) in [4.78, 5) is 0. The monoisotopic (exact) mass is 459 g/mol. The number of methoxy groups -OCH3 is 1. The zero-order valence-electron chi connectivity index (χ0n) is 15.8. The summed E-state index contributed by atoms with van der Waals surface area (Å²) >= 11 is 9.49.